The Morgan fingerprint density at radius 3 is 2.54 bits per heavy atom. The predicted molar refractivity (Wildman–Crippen MR) is 202 cm³/mol. The van der Waals surface area contributed by atoms with Gasteiger partial charge in [-0.25, -0.2) is 4.39 Å². The average Bonchev–Trinajstić information content (AvgIpc) is 3.59. The molecule has 0 amide bonds. The quantitative estimate of drug-likeness (QED) is 0.102. The Balaban J connectivity index is 1.40. The van der Waals surface area contributed by atoms with E-state index in [1.54, 1.807) is 52.3 Å². The largest absolute Gasteiger partial charge is 0.494 e. The third-order valence-corrected chi connectivity index (χ3v) is 10.5. The van der Waals surface area contributed by atoms with Gasteiger partial charge in [0.05, 0.1) is 34.7 Å². The van der Waals surface area contributed by atoms with Gasteiger partial charge in [0.15, 0.2) is 0 Å². The van der Waals surface area contributed by atoms with E-state index in [4.69, 9.17) is 20.4 Å². The minimum absolute atomic E-state index is 0.294. The fourth-order valence-corrected chi connectivity index (χ4v) is 7.71. The van der Waals surface area contributed by atoms with E-state index in [1.165, 1.54) is 6.20 Å². The van der Waals surface area contributed by atoms with Gasteiger partial charge in [0.2, 0.25) is 5.95 Å². The number of benzene rings is 2. The van der Waals surface area contributed by atoms with Crippen molar-refractivity contribution in [1.82, 2.24) is 29.8 Å². The second-order valence-electron chi connectivity index (χ2n) is 13.1. The third kappa shape index (κ3) is 6.86. The molecule has 262 valence electrons. The van der Waals surface area contributed by atoms with Crippen LogP contribution in [0.2, 0.25) is 0 Å². The molecule has 4 heterocycles. The number of rotatable bonds is 11. The number of aromatic nitrogens is 5. The van der Waals surface area contributed by atoms with Crippen molar-refractivity contribution in [2.45, 2.75) is 19.4 Å². The molecule has 1 saturated heterocycles. The molecule has 0 spiro atoms. The van der Waals surface area contributed by atoms with E-state index < -0.39 is 19.4 Å². The van der Waals surface area contributed by atoms with E-state index in [1.807, 2.05) is 44.2 Å². The Bertz CT molecular complexity index is 2130. The topological polar surface area (TPSA) is 163 Å². The summed E-state index contributed by atoms with van der Waals surface area (Å²) in [6, 6.07) is 9.49. The van der Waals surface area contributed by atoms with E-state index in [9.17, 15) is 8.96 Å². The number of aliphatic imine (C=N–C) groups is 1. The highest BCUT2D eigenvalue weighted by atomic mass is 31.2. The molecule has 5 aromatic rings. The second kappa shape index (κ2) is 14.0. The molecule has 3 aromatic heterocycles. The van der Waals surface area contributed by atoms with Gasteiger partial charge in [0.1, 0.15) is 36.5 Å². The lowest BCUT2D eigenvalue weighted by atomic mass is 10.0. The summed E-state index contributed by atoms with van der Waals surface area (Å²) < 4.78 is 33.3. The Kier molecular flexibility index (Phi) is 9.77. The van der Waals surface area contributed by atoms with Crippen LogP contribution in [0.15, 0.2) is 60.1 Å². The summed E-state index contributed by atoms with van der Waals surface area (Å²) in [4.78, 5) is 30.4. The third-order valence-electron chi connectivity index (χ3n) is 8.95. The standard InChI is InChI=1S/C35H43FN11O2P/c1-35(2,21-36)47-15-13-46(14-16-47)28-18-29(49-4)27(17-24(28)22(19-37)20-38-3)43-34-44-32-23(9-10-41-32)33(45-34)42-26-8-7-25-30(40-12-11-39-25)31(26)50(5,6)48/h7-12,17-20H,13-16,21,37H2,1-6H3,(H3,41,42,43,44,45). The van der Waals surface area contributed by atoms with Crippen molar-refractivity contribution >= 4 is 75.1 Å². The summed E-state index contributed by atoms with van der Waals surface area (Å²) in [6.07, 6.45) is 8.24. The number of aromatic amines is 1. The number of methoxy groups -OCH3 is 1. The molecule has 1 aliphatic rings. The minimum Gasteiger partial charge on any atom is -0.494 e. The van der Waals surface area contributed by atoms with Crippen molar-refractivity contribution in [2.24, 2.45) is 10.7 Å². The Morgan fingerprint density at radius 2 is 1.86 bits per heavy atom. The first-order valence-electron chi connectivity index (χ1n) is 16.3. The summed E-state index contributed by atoms with van der Waals surface area (Å²) in [5.74, 6) is 1.36. The van der Waals surface area contributed by atoms with E-state index in [-0.39, 0.29) is 0 Å². The monoisotopic (exact) mass is 699 g/mol. The average molecular weight is 700 g/mol. The van der Waals surface area contributed by atoms with Crippen LogP contribution in [0.4, 0.5) is 33.2 Å². The van der Waals surface area contributed by atoms with Crippen molar-refractivity contribution in [2.75, 3.05) is 75.9 Å². The molecule has 0 unspecified atom stereocenters. The van der Waals surface area contributed by atoms with Crippen molar-refractivity contribution in [3.05, 3.63) is 60.7 Å². The van der Waals surface area contributed by atoms with Crippen LogP contribution >= 0.6 is 7.14 Å². The molecular formula is C35H43FN11O2P. The van der Waals surface area contributed by atoms with Crippen LogP contribution < -0.4 is 31.3 Å². The number of hydrogen-bond donors (Lipinski definition) is 4. The highest BCUT2D eigenvalue weighted by molar-refractivity contribution is 7.71. The minimum atomic E-state index is -2.81. The van der Waals surface area contributed by atoms with Crippen LogP contribution in [0.1, 0.15) is 19.4 Å². The zero-order valence-corrected chi connectivity index (χ0v) is 30.1. The van der Waals surface area contributed by atoms with Crippen LogP contribution in [0.25, 0.3) is 27.6 Å². The normalized spacial score (nSPS) is 14.9. The number of hydrogen-bond acceptors (Lipinski definition) is 12. The number of nitrogens with two attached hydrogens (primary N) is 1. The fraction of sp³-hybridized carbons (Fsp3) is 0.343. The highest BCUT2D eigenvalue weighted by Gasteiger charge is 2.31. The number of nitrogens with one attached hydrogen (secondary N) is 3. The number of ether oxygens (including phenoxy) is 1. The molecule has 0 aliphatic carbocycles. The van der Waals surface area contributed by atoms with Crippen molar-refractivity contribution in [3.8, 4) is 5.75 Å². The fourth-order valence-electron chi connectivity index (χ4n) is 6.32. The van der Waals surface area contributed by atoms with E-state index in [0.717, 1.165) is 22.2 Å². The van der Waals surface area contributed by atoms with Crippen molar-refractivity contribution in [1.29, 1.82) is 0 Å². The van der Waals surface area contributed by atoms with E-state index in [0.29, 0.717) is 77.1 Å². The molecule has 15 heteroatoms. The lowest BCUT2D eigenvalue weighted by molar-refractivity contribution is 0.0860. The molecule has 2 aromatic carbocycles. The number of anilines is 5. The molecule has 0 atom stereocenters. The number of halogens is 1. The first kappa shape index (κ1) is 34.8. The molecule has 13 nitrogen and oxygen atoms in total. The zero-order valence-electron chi connectivity index (χ0n) is 29.2. The van der Waals surface area contributed by atoms with Gasteiger partial charge >= 0.3 is 0 Å². The molecule has 0 radical (unpaired) electrons. The number of allylic oxidation sites excluding steroid dienone is 1. The molecule has 1 fully saturated rings. The lowest BCUT2D eigenvalue weighted by Gasteiger charge is -2.44. The summed E-state index contributed by atoms with van der Waals surface area (Å²) in [6.45, 7) is 9.68. The summed E-state index contributed by atoms with van der Waals surface area (Å²) in [7, 11) is 0.492. The first-order chi connectivity index (χ1) is 24.0. The van der Waals surface area contributed by atoms with Gasteiger partial charge in [-0.3, -0.25) is 19.9 Å². The maximum Gasteiger partial charge on any atom is 0.231 e. The Labute approximate surface area is 290 Å². The number of alkyl halides is 1. The smallest absolute Gasteiger partial charge is 0.231 e. The first-order valence-corrected chi connectivity index (χ1v) is 18.9. The lowest BCUT2D eigenvalue weighted by Crippen LogP contribution is -2.55. The molecule has 6 rings (SSSR count). The van der Waals surface area contributed by atoms with Gasteiger partial charge in [-0.15, -0.1) is 0 Å². The number of nitrogens with zero attached hydrogens (tertiary/aromatic N) is 7. The van der Waals surface area contributed by atoms with Crippen LogP contribution in [0, 0.1) is 0 Å². The molecule has 1 aliphatic heterocycles. The number of H-pyrrole nitrogens is 1. The maximum absolute atomic E-state index is 13.8. The van der Waals surface area contributed by atoms with Gasteiger partial charge in [-0.2, -0.15) is 9.97 Å². The van der Waals surface area contributed by atoms with E-state index in [2.05, 4.69) is 40.4 Å². The van der Waals surface area contributed by atoms with Crippen LogP contribution in [-0.2, 0) is 4.57 Å². The molecule has 0 saturated carbocycles. The van der Waals surface area contributed by atoms with Gasteiger partial charge in [-0.1, -0.05) is 0 Å². The maximum atomic E-state index is 13.8. The second-order valence-corrected chi connectivity index (χ2v) is 16.3. The molecular weight excluding hydrogens is 656 g/mol. The summed E-state index contributed by atoms with van der Waals surface area (Å²) in [5.41, 5.74) is 11.1. The SMILES string of the molecule is CN=CC(=CN)c1cc(Nc2nc(Nc3ccc4nccnc4c3P(C)(C)=O)c3cc[nH]c3n2)c(OC)cc1N1CCN(C(C)(C)CF)CC1. The van der Waals surface area contributed by atoms with Crippen LogP contribution in [0.3, 0.4) is 0 Å². The Hall–Kier alpha value is -5.07. The summed E-state index contributed by atoms with van der Waals surface area (Å²) in [5, 5.41) is 8.12. The zero-order chi connectivity index (χ0) is 35.6. The van der Waals surface area contributed by atoms with Gasteiger partial charge in [-0.05, 0) is 51.4 Å². The number of piperazine rings is 1. The van der Waals surface area contributed by atoms with Gasteiger partial charge in [0.25, 0.3) is 0 Å². The van der Waals surface area contributed by atoms with Crippen LogP contribution in [0.5, 0.6) is 5.75 Å². The molecule has 50 heavy (non-hydrogen) atoms. The predicted octanol–water partition coefficient (Wildman–Crippen LogP) is 5.52. The molecule has 5 N–H and O–H groups in total. The van der Waals surface area contributed by atoms with Crippen LogP contribution in [-0.4, -0.2) is 102 Å². The molecule has 0 bridgehead atoms. The number of fused-ring (bicyclic) bond motifs is 2. The highest BCUT2D eigenvalue weighted by Crippen LogP contribution is 2.42. The van der Waals surface area contributed by atoms with Gasteiger partial charge in [0, 0.05) is 92.7 Å². The van der Waals surface area contributed by atoms with Crippen molar-refractivity contribution in [3.63, 3.8) is 0 Å². The summed E-state index contributed by atoms with van der Waals surface area (Å²) >= 11 is 0. The van der Waals surface area contributed by atoms with Gasteiger partial charge < -0.3 is 35.6 Å². The van der Waals surface area contributed by atoms with E-state index >= 15 is 0 Å². The van der Waals surface area contributed by atoms with Crippen molar-refractivity contribution < 1.29 is 13.7 Å². The Morgan fingerprint density at radius 1 is 1.10 bits per heavy atom.